The summed E-state index contributed by atoms with van der Waals surface area (Å²) in [7, 11) is 0. The third-order valence-corrected chi connectivity index (χ3v) is 8.42. The number of aliphatic carboxylic acids is 1. The molecule has 1 aliphatic carbocycles. The van der Waals surface area contributed by atoms with Crippen molar-refractivity contribution in [3.05, 3.63) is 23.4 Å². The van der Waals surface area contributed by atoms with Gasteiger partial charge < -0.3 is 19.6 Å². The van der Waals surface area contributed by atoms with Gasteiger partial charge >= 0.3 is 30.6 Å². The minimum atomic E-state index is -5.84. The Morgan fingerprint density at radius 2 is 1.57 bits per heavy atom. The summed E-state index contributed by atoms with van der Waals surface area (Å²) in [5, 5.41) is 9.25. The van der Waals surface area contributed by atoms with Crippen molar-refractivity contribution in [1.29, 1.82) is 0 Å². The van der Waals surface area contributed by atoms with Crippen LogP contribution in [0, 0.1) is 5.41 Å². The number of carbonyl (C=O) groups is 2. The van der Waals surface area contributed by atoms with Crippen molar-refractivity contribution in [3.8, 4) is 0 Å². The number of likely N-dealkylation sites (tertiary alicyclic amines) is 2. The molecule has 4 aliphatic rings. The van der Waals surface area contributed by atoms with E-state index in [9.17, 15) is 54.2 Å². The molecule has 0 aromatic rings. The minimum absolute atomic E-state index is 0.0370. The summed E-state index contributed by atoms with van der Waals surface area (Å²) in [6.45, 7) is 1.89. The average molecular weight is 623 g/mol. The number of amides is 1. The monoisotopic (exact) mass is 622 g/mol. The number of piperazine rings is 1. The van der Waals surface area contributed by atoms with E-state index in [0.29, 0.717) is 37.3 Å². The van der Waals surface area contributed by atoms with Crippen molar-refractivity contribution in [2.75, 3.05) is 58.9 Å². The van der Waals surface area contributed by atoms with Crippen LogP contribution in [-0.4, -0.2) is 126 Å². The first kappa shape index (κ1) is 32.2. The first-order chi connectivity index (χ1) is 19.2. The Morgan fingerprint density at radius 3 is 2.10 bits per heavy atom. The van der Waals surface area contributed by atoms with Crippen molar-refractivity contribution >= 4 is 12.1 Å². The number of allylic oxidation sites excluding steroid dienone is 2. The lowest BCUT2D eigenvalue weighted by atomic mass is 9.77. The van der Waals surface area contributed by atoms with Crippen LogP contribution in [0.4, 0.5) is 44.3 Å². The van der Waals surface area contributed by atoms with Crippen LogP contribution in [0.25, 0.3) is 0 Å². The van der Waals surface area contributed by atoms with Gasteiger partial charge in [-0.1, -0.05) is 6.08 Å². The molecule has 0 saturated carbocycles. The van der Waals surface area contributed by atoms with E-state index in [1.165, 1.54) is 12.2 Å². The molecule has 3 aliphatic heterocycles. The lowest BCUT2D eigenvalue weighted by Crippen LogP contribution is -2.68. The van der Waals surface area contributed by atoms with E-state index in [1.807, 2.05) is 4.90 Å². The van der Waals surface area contributed by atoms with Crippen LogP contribution < -0.4 is 0 Å². The number of ether oxygens (including phenoxy) is 1. The first-order valence-electron chi connectivity index (χ1n) is 13.3. The fourth-order valence-electron chi connectivity index (χ4n) is 5.95. The Morgan fingerprint density at radius 1 is 0.976 bits per heavy atom. The van der Waals surface area contributed by atoms with Crippen LogP contribution in [-0.2, 0) is 9.53 Å². The van der Waals surface area contributed by atoms with Gasteiger partial charge in [-0.15, -0.1) is 0 Å². The fourth-order valence-corrected chi connectivity index (χ4v) is 5.95. The van der Waals surface area contributed by atoms with Crippen molar-refractivity contribution in [2.24, 2.45) is 5.41 Å². The van der Waals surface area contributed by atoms with E-state index in [-0.39, 0.29) is 45.7 Å². The van der Waals surface area contributed by atoms with Crippen molar-refractivity contribution in [3.63, 3.8) is 0 Å². The van der Waals surface area contributed by atoms with E-state index < -0.39 is 47.6 Å². The van der Waals surface area contributed by atoms with Gasteiger partial charge in [0.15, 0.2) is 0 Å². The molecule has 1 N–H and O–H groups in total. The summed E-state index contributed by atoms with van der Waals surface area (Å²) in [5.74, 6) is -0.993. The highest BCUT2D eigenvalue weighted by Crippen LogP contribution is 2.49. The largest absolute Gasteiger partial charge is 0.480 e. The molecule has 1 spiro atoms. The van der Waals surface area contributed by atoms with Crippen LogP contribution in [0.2, 0.25) is 0 Å². The van der Waals surface area contributed by atoms with Crippen LogP contribution in [0.1, 0.15) is 26.2 Å². The van der Waals surface area contributed by atoms with Gasteiger partial charge in [0.25, 0.3) is 6.10 Å². The topological polar surface area (TPSA) is 76.6 Å². The van der Waals surface area contributed by atoms with Gasteiger partial charge in [0, 0.05) is 51.5 Å². The molecule has 1 amide bonds. The Hall–Kier alpha value is -2.69. The molecule has 8 nitrogen and oxygen atoms in total. The summed E-state index contributed by atoms with van der Waals surface area (Å²) in [6, 6.07) is 0. The molecule has 0 aromatic carbocycles. The Balaban J connectivity index is 1.42. The second-order valence-corrected chi connectivity index (χ2v) is 11.5. The van der Waals surface area contributed by atoms with E-state index in [1.54, 1.807) is 9.80 Å². The van der Waals surface area contributed by atoms with Crippen LogP contribution in [0.5, 0.6) is 0 Å². The molecule has 42 heavy (non-hydrogen) atoms. The smallest absolute Gasteiger partial charge is 0.434 e. The predicted molar refractivity (Wildman–Crippen MR) is 128 cm³/mol. The molecule has 1 unspecified atom stereocenters. The summed E-state index contributed by atoms with van der Waals surface area (Å²) in [4.78, 5) is 29.5. The predicted octanol–water partition coefficient (Wildman–Crippen LogP) is 4.25. The number of carboxylic acids is 1. The number of carbonyl (C=O) groups excluding carboxylic acids is 1. The van der Waals surface area contributed by atoms with E-state index in [2.05, 4.69) is 4.74 Å². The van der Waals surface area contributed by atoms with Gasteiger partial charge in [0.2, 0.25) is 0 Å². The number of halogens is 9. The number of alkyl halides is 9. The second kappa shape index (κ2) is 11.1. The molecule has 0 aromatic heterocycles. The van der Waals surface area contributed by atoms with Crippen LogP contribution >= 0.6 is 0 Å². The zero-order chi connectivity index (χ0) is 31.3. The number of hydrogen-bond acceptors (Lipinski definition) is 6. The third-order valence-electron chi connectivity index (χ3n) is 8.42. The molecule has 17 heteroatoms. The van der Waals surface area contributed by atoms with Gasteiger partial charge in [-0.25, -0.2) is 4.79 Å². The van der Waals surface area contributed by atoms with Crippen molar-refractivity contribution in [1.82, 2.24) is 19.6 Å². The molecule has 0 radical (unpaired) electrons. The highest BCUT2D eigenvalue weighted by Gasteiger charge is 2.60. The molecular formula is C25H31F9N4O4. The number of rotatable bonds is 6. The number of nitrogens with zero attached hydrogens (tertiary/aromatic N) is 4. The maximum Gasteiger partial charge on any atom is 0.434 e. The van der Waals surface area contributed by atoms with E-state index >= 15 is 0 Å². The van der Waals surface area contributed by atoms with E-state index in [0.717, 1.165) is 18.2 Å². The van der Waals surface area contributed by atoms with Crippen molar-refractivity contribution in [2.45, 2.75) is 56.4 Å². The molecule has 4 rings (SSSR count). The highest BCUT2D eigenvalue weighted by atomic mass is 19.4. The molecule has 238 valence electrons. The number of hydrogen-bond donors (Lipinski definition) is 1. The fraction of sp³-hybridized carbons (Fsp3) is 0.760. The van der Waals surface area contributed by atoms with Gasteiger partial charge in [0.1, 0.15) is 0 Å². The van der Waals surface area contributed by atoms with Gasteiger partial charge in [-0.3, -0.25) is 14.6 Å². The maximum absolute atomic E-state index is 14.0. The highest BCUT2D eigenvalue weighted by molar-refractivity contribution is 5.69. The summed E-state index contributed by atoms with van der Waals surface area (Å²) < 4.78 is 122. The Bertz CT molecular complexity index is 1090. The van der Waals surface area contributed by atoms with Gasteiger partial charge in [-0.2, -0.15) is 39.5 Å². The second-order valence-electron chi connectivity index (χ2n) is 11.5. The average Bonchev–Trinajstić information content (AvgIpc) is 3.24. The summed E-state index contributed by atoms with van der Waals surface area (Å²) >= 11 is 0. The zero-order valence-electron chi connectivity index (χ0n) is 22.6. The van der Waals surface area contributed by atoms with Crippen LogP contribution in [0.3, 0.4) is 0 Å². The third kappa shape index (κ3) is 6.60. The van der Waals surface area contributed by atoms with Crippen molar-refractivity contribution < 1.29 is 58.9 Å². The van der Waals surface area contributed by atoms with Gasteiger partial charge in [0.05, 0.1) is 17.5 Å². The summed E-state index contributed by atoms with van der Waals surface area (Å²) in [5.41, 5.74) is -1.66. The minimum Gasteiger partial charge on any atom is -0.480 e. The summed E-state index contributed by atoms with van der Waals surface area (Å²) in [6.07, 6.45) is -18.4. The molecule has 1 atom stereocenters. The first-order valence-corrected chi connectivity index (χ1v) is 13.3. The van der Waals surface area contributed by atoms with Crippen LogP contribution in [0.15, 0.2) is 23.4 Å². The lowest BCUT2D eigenvalue weighted by Gasteiger charge is -2.55. The molecule has 3 fully saturated rings. The normalized spacial score (nSPS) is 25.9. The molecule has 3 heterocycles. The van der Waals surface area contributed by atoms with E-state index in [4.69, 9.17) is 0 Å². The standard InChI is InChI=1S/C25H31F9N4O4/c1-21(25(32,33)34)5-3-16(17(11-21)37-14-22(15-37)4-2-6-38(22)13-18(39)40)12-35-7-9-36(10-8-35)20(41)42-19(23(26,27)28)24(29,30)31/h3,11,19H,2,4-10,12-15H2,1H3,(H,39,40). The Kier molecular flexibility index (Phi) is 8.52. The molecular weight excluding hydrogens is 591 g/mol. The Labute approximate surface area is 235 Å². The number of carboxylic acid groups (broad SMARTS) is 1. The quantitative estimate of drug-likeness (QED) is 0.444. The SMILES string of the molecule is CC1(C(F)(F)F)C=C(N2CC3(CCCN3CC(=O)O)C2)C(CN2CCN(C(=O)OC(C(F)(F)F)C(F)(F)F)CC2)=CC1. The zero-order valence-corrected chi connectivity index (χ0v) is 22.6. The molecule has 3 saturated heterocycles. The maximum atomic E-state index is 14.0. The molecule has 0 bridgehead atoms. The lowest BCUT2D eigenvalue weighted by molar-refractivity contribution is -0.308. The van der Waals surface area contributed by atoms with Gasteiger partial charge in [-0.05, 0) is 44.4 Å².